The van der Waals surface area contributed by atoms with E-state index in [1.165, 1.54) is 47.6 Å². The first-order chi connectivity index (χ1) is 23.4. The van der Waals surface area contributed by atoms with Gasteiger partial charge < -0.3 is 10.6 Å². The maximum absolute atomic E-state index is 5.28. The zero-order valence-corrected chi connectivity index (χ0v) is 33.9. The Kier molecular flexibility index (Phi) is 12.0. The number of para-hydroxylation sites is 1. The van der Waals surface area contributed by atoms with Crippen LogP contribution in [0.2, 0.25) is 0 Å². The van der Waals surface area contributed by atoms with E-state index < -0.39 is 0 Å². The Bertz CT molecular complexity index is 2200. The Hall–Kier alpha value is -3.44. The molecule has 7 aromatic rings. The Morgan fingerprint density at radius 2 is 1.26 bits per heavy atom. The quantitative estimate of drug-likeness (QED) is 0.147. The first kappa shape index (κ1) is 37.8. The van der Waals surface area contributed by atoms with Crippen LogP contribution in [0.4, 0.5) is 0 Å². The average molecular weight is 855 g/mol. The van der Waals surface area contributed by atoms with Crippen molar-refractivity contribution < 1.29 is 20.1 Å². The maximum Gasteiger partial charge on any atom is 3.00 e. The number of benzene rings is 5. The minimum atomic E-state index is -0.00815. The number of aromatic nitrogens is 1. The summed E-state index contributed by atoms with van der Waals surface area (Å²) >= 11 is 1.91. The molecule has 3 nitrogen and oxygen atoms in total. The van der Waals surface area contributed by atoms with E-state index in [1.807, 2.05) is 29.5 Å². The van der Waals surface area contributed by atoms with E-state index in [1.54, 1.807) is 0 Å². The third kappa shape index (κ3) is 8.04. The zero-order valence-electron chi connectivity index (χ0n) is 30.7. The van der Waals surface area contributed by atoms with Crippen molar-refractivity contribution >= 4 is 53.2 Å². The fourth-order valence-corrected chi connectivity index (χ4v) is 8.03. The second-order valence-electron chi connectivity index (χ2n) is 14.8. The van der Waals surface area contributed by atoms with Crippen LogP contribution in [0, 0.1) is 6.07 Å². The number of rotatable bonds is 7. The molecule has 0 spiro atoms. The molecule has 2 heterocycles. The molecular weight excluding hydrogens is 807 g/mol. The van der Waals surface area contributed by atoms with Gasteiger partial charge in [0.05, 0.1) is 5.52 Å². The normalized spacial score (nSPS) is 12.0. The molecule has 5 heteroatoms. The third-order valence-corrected chi connectivity index (χ3v) is 10.1. The molecule has 2 aromatic heterocycles. The van der Waals surface area contributed by atoms with Crippen molar-refractivity contribution in [2.24, 2.45) is 0 Å². The second-order valence-corrected chi connectivity index (χ2v) is 15.8. The van der Waals surface area contributed by atoms with Gasteiger partial charge in [0.15, 0.2) is 0 Å². The maximum atomic E-state index is 5.28. The van der Waals surface area contributed by atoms with Gasteiger partial charge in [-0.1, -0.05) is 164 Å². The van der Waals surface area contributed by atoms with Crippen LogP contribution in [0.5, 0.6) is 0 Å². The monoisotopic (exact) mass is 855 g/mol. The van der Waals surface area contributed by atoms with Gasteiger partial charge in [-0.25, -0.2) is 6.17 Å². The largest absolute Gasteiger partial charge is 3.00 e. The van der Waals surface area contributed by atoms with E-state index in [2.05, 4.69) is 164 Å². The van der Waals surface area contributed by atoms with E-state index in [-0.39, 0.29) is 31.7 Å². The summed E-state index contributed by atoms with van der Waals surface area (Å²) in [6, 6.07) is 40.9. The van der Waals surface area contributed by atoms with Gasteiger partial charge in [-0.15, -0.1) is 52.6 Å². The summed E-state index contributed by atoms with van der Waals surface area (Å²) in [4.78, 5) is 5.28. The average Bonchev–Trinajstić information content (AvgIpc) is 3.47. The minimum absolute atomic E-state index is 0. The third-order valence-electron chi connectivity index (χ3n) is 8.80. The van der Waals surface area contributed by atoms with Crippen molar-refractivity contribution in [3.63, 3.8) is 0 Å². The molecule has 0 bridgehead atoms. The summed E-state index contributed by atoms with van der Waals surface area (Å²) in [6.07, 6.45) is -0.00815. The molecule has 0 saturated carbocycles. The predicted molar refractivity (Wildman–Crippen MR) is 215 cm³/mol. The Labute approximate surface area is 316 Å². The molecule has 0 fully saturated rings. The Morgan fingerprint density at radius 1 is 0.660 bits per heavy atom. The first-order valence-electron chi connectivity index (χ1n) is 17.6. The van der Waals surface area contributed by atoms with Crippen molar-refractivity contribution in [2.45, 2.75) is 91.9 Å². The molecule has 0 aliphatic rings. The second kappa shape index (κ2) is 15.8. The molecule has 0 atom stereocenters. The van der Waals surface area contributed by atoms with Gasteiger partial charge in [-0.3, -0.25) is 4.98 Å². The SMILES string of the molecule is CC(C)[N-]C([N-]C(C)C)c1ccccc1.CC(C)c1cccc2c1sc1c3ccccc3nc(-c3[c-]c4ccccc4c(C(C)(C)C)c3)c21.[Ir+3]. The van der Waals surface area contributed by atoms with Crippen molar-refractivity contribution in [2.75, 3.05) is 0 Å². The number of hydrogen-bond donors (Lipinski definition) is 0. The molecule has 0 N–H and O–H groups in total. The van der Waals surface area contributed by atoms with E-state index in [0.717, 1.165) is 22.2 Å². The summed E-state index contributed by atoms with van der Waals surface area (Å²) in [5.41, 5.74) is 7.10. The fraction of sp³-hybridized carbons (Fsp3) is 0.311. The Balaban J connectivity index is 0.000000258. The number of nitrogens with zero attached hydrogens (tertiary/aromatic N) is 3. The predicted octanol–water partition coefficient (Wildman–Crippen LogP) is 13.9. The molecule has 0 aliphatic carbocycles. The van der Waals surface area contributed by atoms with Crippen LogP contribution in [0.3, 0.4) is 0 Å². The molecule has 0 unspecified atom stereocenters. The van der Waals surface area contributed by atoms with E-state index in [9.17, 15) is 0 Å². The summed E-state index contributed by atoms with van der Waals surface area (Å²) in [7, 11) is 0. The fourth-order valence-electron chi connectivity index (χ4n) is 6.53. The van der Waals surface area contributed by atoms with E-state index in [4.69, 9.17) is 4.98 Å². The van der Waals surface area contributed by atoms with Crippen LogP contribution in [-0.4, -0.2) is 17.1 Å². The van der Waals surface area contributed by atoms with Crippen LogP contribution in [0.1, 0.15) is 91.1 Å². The van der Waals surface area contributed by atoms with Crippen LogP contribution >= 0.6 is 11.3 Å². The van der Waals surface area contributed by atoms with Crippen molar-refractivity contribution in [3.05, 3.63) is 137 Å². The van der Waals surface area contributed by atoms with Crippen LogP contribution < -0.4 is 0 Å². The summed E-state index contributed by atoms with van der Waals surface area (Å²) < 4.78 is 2.70. The van der Waals surface area contributed by atoms with Gasteiger partial charge in [-0.2, -0.15) is 0 Å². The standard InChI is InChI=1S/C32H28NS.C13H20N2.Ir/c1-19(2)22-14-10-15-25-28-29(33-27-16-9-8-13-24(27)31(28)34-30(22)25)21-17-20-11-6-7-12-23(20)26(18-21)32(3,4)5;1-10(2)14-13(15-11(3)4)12-8-6-5-7-9-12;/h6-16,18-19H,1-5H3;5-11,13H,1-4H3;/q-1;-2;+3. The van der Waals surface area contributed by atoms with Crippen molar-refractivity contribution in [1.82, 2.24) is 4.98 Å². The molecule has 50 heavy (non-hydrogen) atoms. The zero-order chi connectivity index (χ0) is 34.9. The summed E-state index contributed by atoms with van der Waals surface area (Å²) in [6.45, 7) is 19.8. The molecule has 0 aliphatic heterocycles. The van der Waals surface area contributed by atoms with Crippen molar-refractivity contribution in [3.8, 4) is 11.3 Å². The van der Waals surface area contributed by atoms with Gasteiger partial charge in [0, 0.05) is 20.5 Å². The first-order valence-corrected chi connectivity index (χ1v) is 18.4. The van der Waals surface area contributed by atoms with Crippen LogP contribution in [0.25, 0.3) is 63.7 Å². The molecule has 0 amide bonds. The van der Waals surface area contributed by atoms with Crippen LogP contribution in [0.15, 0.2) is 103 Å². The molecular formula is C45H48IrN3S. The molecule has 0 radical (unpaired) electrons. The number of pyridine rings is 1. The van der Waals surface area contributed by atoms with Crippen LogP contribution in [-0.2, 0) is 25.5 Å². The van der Waals surface area contributed by atoms with Gasteiger partial charge in [0.1, 0.15) is 0 Å². The Morgan fingerprint density at radius 3 is 1.90 bits per heavy atom. The van der Waals surface area contributed by atoms with Gasteiger partial charge >= 0.3 is 20.1 Å². The van der Waals surface area contributed by atoms with E-state index in [0.29, 0.717) is 18.0 Å². The van der Waals surface area contributed by atoms with Gasteiger partial charge in [-0.05, 0) is 33.7 Å². The van der Waals surface area contributed by atoms with Gasteiger partial charge in [0.2, 0.25) is 0 Å². The van der Waals surface area contributed by atoms with Gasteiger partial charge in [0.25, 0.3) is 0 Å². The number of hydrogen-bond acceptors (Lipinski definition) is 2. The molecule has 5 aromatic carbocycles. The summed E-state index contributed by atoms with van der Waals surface area (Å²) in [5, 5.41) is 15.5. The van der Waals surface area contributed by atoms with E-state index >= 15 is 0 Å². The minimum Gasteiger partial charge on any atom is -0.672 e. The molecule has 0 saturated heterocycles. The number of fused-ring (bicyclic) bond motifs is 6. The summed E-state index contributed by atoms with van der Waals surface area (Å²) in [5.74, 6) is 0.471. The molecule has 7 rings (SSSR count). The smallest absolute Gasteiger partial charge is 0.672 e. The topological polar surface area (TPSA) is 41.1 Å². The number of thiophene rings is 1. The van der Waals surface area contributed by atoms with Crippen molar-refractivity contribution in [1.29, 1.82) is 0 Å². The molecule has 258 valence electrons.